The van der Waals surface area contributed by atoms with E-state index in [0.29, 0.717) is 4.66 Å². The van der Waals surface area contributed by atoms with E-state index in [1.165, 1.54) is 0 Å². The summed E-state index contributed by atoms with van der Waals surface area (Å²) in [6.45, 7) is 5.86. The molecule has 0 atom stereocenters. The minimum absolute atomic E-state index is 0.400. The third kappa shape index (κ3) is 3.63. The van der Waals surface area contributed by atoms with E-state index in [1.54, 1.807) is 0 Å². The van der Waals surface area contributed by atoms with Gasteiger partial charge in [0, 0.05) is 0 Å². The zero-order valence-electron chi connectivity index (χ0n) is 6.22. The van der Waals surface area contributed by atoms with Crippen LogP contribution in [0.4, 0.5) is 0 Å². The first-order chi connectivity index (χ1) is 4.34. The number of nitrogens with zero attached hydrogens (tertiary/aromatic N) is 1. The summed E-state index contributed by atoms with van der Waals surface area (Å²) in [6.07, 6.45) is 0.883. The molecule has 0 amide bonds. The van der Waals surface area contributed by atoms with Gasteiger partial charge in [-0.3, -0.25) is 10.1 Å². The van der Waals surface area contributed by atoms with Gasteiger partial charge >= 0.3 is 0 Å². The van der Waals surface area contributed by atoms with Gasteiger partial charge in [0.2, 0.25) is 6.20 Å². The van der Waals surface area contributed by atoms with Crippen LogP contribution in [0.3, 0.4) is 0 Å². The lowest BCUT2D eigenvalue weighted by atomic mass is 11.0. The Morgan fingerprint density at radius 3 is 2.10 bits per heavy atom. The van der Waals surface area contributed by atoms with Crippen molar-refractivity contribution in [3.05, 3.63) is 21.0 Å². The standard InChI is InChI=1S/C5H10ClNO2Si/c1-10(2,3)5(6)4-7(8)9/h4H,1-3H3/b5-4+. The number of hydrogen-bond acceptors (Lipinski definition) is 2. The van der Waals surface area contributed by atoms with E-state index < -0.39 is 13.0 Å². The van der Waals surface area contributed by atoms with E-state index in [4.69, 9.17) is 11.6 Å². The van der Waals surface area contributed by atoms with E-state index in [1.807, 2.05) is 19.6 Å². The summed E-state index contributed by atoms with van der Waals surface area (Å²) in [5.74, 6) is 0. The first-order valence-electron chi connectivity index (χ1n) is 2.85. The van der Waals surface area contributed by atoms with Gasteiger partial charge in [0.05, 0.1) is 9.58 Å². The molecule has 0 aromatic rings. The molecular weight excluding hydrogens is 170 g/mol. The summed E-state index contributed by atoms with van der Waals surface area (Å²) in [5, 5.41) is 9.92. The molecule has 0 N–H and O–H groups in total. The number of rotatable bonds is 2. The fourth-order valence-electron chi connectivity index (χ4n) is 0.286. The first kappa shape index (κ1) is 9.65. The summed E-state index contributed by atoms with van der Waals surface area (Å²) >= 11 is 5.63. The molecule has 0 heterocycles. The second kappa shape index (κ2) is 3.16. The quantitative estimate of drug-likeness (QED) is 0.371. The lowest BCUT2D eigenvalue weighted by molar-refractivity contribution is -0.402. The predicted molar refractivity (Wildman–Crippen MR) is 44.3 cm³/mol. The molecule has 58 valence electrons. The van der Waals surface area contributed by atoms with Gasteiger partial charge < -0.3 is 0 Å². The van der Waals surface area contributed by atoms with Crippen LogP contribution in [-0.4, -0.2) is 13.0 Å². The summed E-state index contributed by atoms with van der Waals surface area (Å²) < 4.78 is 0.400. The number of nitro groups is 1. The third-order valence-electron chi connectivity index (χ3n) is 0.935. The minimum atomic E-state index is -1.64. The topological polar surface area (TPSA) is 43.1 Å². The van der Waals surface area contributed by atoms with Gasteiger partial charge in [-0.15, -0.1) is 0 Å². The van der Waals surface area contributed by atoms with Crippen molar-refractivity contribution >= 4 is 19.7 Å². The molecule has 0 spiro atoms. The monoisotopic (exact) mass is 179 g/mol. The first-order valence-corrected chi connectivity index (χ1v) is 6.73. The molecule has 0 aliphatic heterocycles. The molecule has 0 radical (unpaired) electrons. The smallest absolute Gasteiger partial charge is 0.244 e. The van der Waals surface area contributed by atoms with E-state index in [-0.39, 0.29) is 0 Å². The van der Waals surface area contributed by atoms with Crippen LogP contribution in [0, 0.1) is 10.1 Å². The highest BCUT2D eigenvalue weighted by Gasteiger charge is 2.20. The van der Waals surface area contributed by atoms with Gasteiger partial charge in [-0.05, 0) is 0 Å². The zero-order chi connectivity index (χ0) is 8.36. The fraction of sp³-hybridized carbons (Fsp3) is 0.600. The second-order valence-electron chi connectivity index (χ2n) is 3.01. The maximum Gasteiger partial charge on any atom is 0.244 e. The third-order valence-corrected chi connectivity index (χ3v) is 4.30. The SMILES string of the molecule is C[Si](C)(C)/C(Cl)=C/[N+](=O)[O-]. The maximum absolute atomic E-state index is 9.92. The lowest BCUT2D eigenvalue weighted by Gasteiger charge is -2.10. The Labute approximate surface area is 65.8 Å². The van der Waals surface area contributed by atoms with E-state index >= 15 is 0 Å². The Kier molecular flexibility index (Phi) is 3.05. The van der Waals surface area contributed by atoms with Crippen molar-refractivity contribution < 1.29 is 4.92 Å². The number of hydrogen-bond donors (Lipinski definition) is 0. The van der Waals surface area contributed by atoms with Gasteiger partial charge in [0.1, 0.15) is 8.07 Å². The van der Waals surface area contributed by atoms with Gasteiger partial charge in [-0.25, -0.2) is 0 Å². The van der Waals surface area contributed by atoms with Crippen LogP contribution in [0.2, 0.25) is 19.6 Å². The van der Waals surface area contributed by atoms with Crippen LogP contribution in [0.25, 0.3) is 0 Å². The summed E-state index contributed by atoms with van der Waals surface area (Å²) in [5.41, 5.74) is 0. The molecule has 0 saturated carbocycles. The van der Waals surface area contributed by atoms with Crippen molar-refractivity contribution in [3.63, 3.8) is 0 Å². The van der Waals surface area contributed by atoms with Crippen molar-refractivity contribution in [1.29, 1.82) is 0 Å². The van der Waals surface area contributed by atoms with Crippen LogP contribution < -0.4 is 0 Å². The number of halogens is 1. The van der Waals surface area contributed by atoms with Crippen molar-refractivity contribution in [3.8, 4) is 0 Å². The van der Waals surface area contributed by atoms with Gasteiger partial charge in [-0.1, -0.05) is 31.2 Å². The molecule has 0 rings (SSSR count). The van der Waals surface area contributed by atoms with E-state index in [0.717, 1.165) is 6.20 Å². The summed E-state index contributed by atoms with van der Waals surface area (Å²) in [7, 11) is -1.64. The molecule has 0 aromatic heterocycles. The zero-order valence-corrected chi connectivity index (χ0v) is 7.97. The van der Waals surface area contributed by atoms with Gasteiger partial charge in [0.25, 0.3) is 0 Å². The average Bonchev–Trinajstić information content (AvgIpc) is 1.60. The highest BCUT2D eigenvalue weighted by Crippen LogP contribution is 2.17. The fourth-order valence-corrected chi connectivity index (χ4v) is 0.859. The van der Waals surface area contributed by atoms with Crippen molar-refractivity contribution in [2.45, 2.75) is 19.6 Å². The normalized spacial score (nSPS) is 13.4. The van der Waals surface area contributed by atoms with Gasteiger partial charge in [0.15, 0.2) is 0 Å². The lowest BCUT2D eigenvalue weighted by Crippen LogP contribution is -2.21. The Morgan fingerprint density at radius 1 is 1.60 bits per heavy atom. The van der Waals surface area contributed by atoms with Crippen LogP contribution in [0.15, 0.2) is 10.9 Å². The van der Waals surface area contributed by atoms with Crippen molar-refractivity contribution in [2.24, 2.45) is 0 Å². The Morgan fingerprint density at radius 2 is 2.00 bits per heavy atom. The molecule has 0 saturated heterocycles. The molecule has 10 heavy (non-hydrogen) atoms. The molecular formula is C5H10ClNO2Si. The van der Waals surface area contributed by atoms with Crippen LogP contribution in [0.5, 0.6) is 0 Å². The highest BCUT2D eigenvalue weighted by molar-refractivity contribution is 6.91. The van der Waals surface area contributed by atoms with Crippen molar-refractivity contribution in [2.75, 3.05) is 0 Å². The molecule has 0 aliphatic rings. The second-order valence-corrected chi connectivity index (χ2v) is 8.78. The molecule has 0 bridgehead atoms. The maximum atomic E-state index is 9.92. The molecule has 0 aromatic carbocycles. The Balaban J connectivity index is 4.35. The van der Waals surface area contributed by atoms with Crippen LogP contribution in [-0.2, 0) is 0 Å². The van der Waals surface area contributed by atoms with Crippen molar-refractivity contribution in [1.82, 2.24) is 0 Å². The molecule has 0 aliphatic carbocycles. The predicted octanol–water partition coefficient (Wildman–Crippen LogP) is 2.22. The molecule has 3 nitrogen and oxygen atoms in total. The summed E-state index contributed by atoms with van der Waals surface area (Å²) in [4.78, 5) is 9.41. The van der Waals surface area contributed by atoms with E-state index in [2.05, 4.69) is 0 Å². The largest absolute Gasteiger partial charge is 0.259 e. The molecule has 0 fully saturated rings. The van der Waals surface area contributed by atoms with Crippen LogP contribution in [0.1, 0.15) is 0 Å². The van der Waals surface area contributed by atoms with Crippen LogP contribution >= 0.6 is 11.6 Å². The van der Waals surface area contributed by atoms with Gasteiger partial charge in [-0.2, -0.15) is 0 Å². The Hall–Kier alpha value is -0.353. The van der Waals surface area contributed by atoms with E-state index in [9.17, 15) is 10.1 Å². The molecule has 5 heteroatoms. The highest BCUT2D eigenvalue weighted by atomic mass is 35.5. The summed E-state index contributed by atoms with van der Waals surface area (Å²) in [6, 6.07) is 0. The minimum Gasteiger partial charge on any atom is -0.259 e. The Bertz CT molecular complexity index is 173. The molecule has 0 unspecified atom stereocenters. The average molecular weight is 180 g/mol.